The lowest BCUT2D eigenvalue weighted by Crippen LogP contribution is -2.46. The second-order valence-corrected chi connectivity index (χ2v) is 9.81. The zero-order valence-electron chi connectivity index (χ0n) is 17.7. The molecule has 0 unspecified atom stereocenters. The molecule has 0 bridgehead atoms. The van der Waals surface area contributed by atoms with Crippen molar-refractivity contribution >= 4 is 26.9 Å². The Morgan fingerprint density at radius 1 is 1.07 bits per heavy atom. The summed E-state index contributed by atoms with van der Waals surface area (Å²) in [6.45, 7) is 7.35. The molecule has 0 saturated carbocycles. The monoisotopic (exact) mass is 428 g/mol. The molecular weight excluding hydrogens is 400 g/mol. The summed E-state index contributed by atoms with van der Waals surface area (Å²) in [7, 11) is -0.392. The van der Waals surface area contributed by atoms with Crippen molar-refractivity contribution in [3.05, 3.63) is 48.4 Å². The number of hydrogen-bond acceptors (Lipinski definition) is 6. The number of benzene rings is 1. The number of piperazine rings is 1. The molecule has 3 aromatic rings. The number of sulfonamides is 1. The molecule has 8 nitrogen and oxygen atoms in total. The molecular formula is C21H28N6O2S. The van der Waals surface area contributed by atoms with Crippen molar-refractivity contribution in [2.24, 2.45) is 0 Å². The second-order valence-electron chi connectivity index (χ2n) is 7.66. The van der Waals surface area contributed by atoms with E-state index in [4.69, 9.17) is 4.98 Å². The Kier molecular flexibility index (Phi) is 5.77. The Bertz CT molecular complexity index is 1120. The second kappa shape index (κ2) is 8.33. The maximum Gasteiger partial charge on any atom is 0.242 e. The zero-order chi connectivity index (χ0) is 21.3. The summed E-state index contributed by atoms with van der Waals surface area (Å²) in [6.07, 6.45) is 1.83. The van der Waals surface area contributed by atoms with Crippen molar-refractivity contribution < 1.29 is 8.42 Å². The van der Waals surface area contributed by atoms with E-state index in [1.54, 1.807) is 26.2 Å². The Hall–Kier alpha value is -2.49. The molecule has 1 fully saturated rings. The van der Waals surface area contributed by atoms with E-state index in [9.17, 15) is 8.42 Å². The van der Waals surface area contributed by atoms with Crippen molar-refractivity contribution in [3.8, 4) is 0 Å². The maximum absolute atomic E-state index is 12.5. The van der Waals surface area contributed by atoms with Gasteiger partial charge in [-0.3, -0.25) is 4.90 Å². The fourth-order valence-corrected chi connectivity index (χ4v) is 4.80. The summed E-state index contributed by atoms with van der Waals surface area (Å²) in [6, 6.07) is 11.2. The highest BCUT2D eigenvalue weighted by Crippen LogP contribution is 2.23. The predicted octanol–water partition coefficient (Wildman–Crippen LogP) is 2.02. The van der Waals surface area contributed by atoms with Gasteiger partial charge in [-0.2, -0.15) is 0 Å². The fourth-order valence-electron chi connectivity index (χ4n) is 3.88. The average Bonchev–Trinajstić information content (AvgIpc) is 3.10. The quantitative estimate of drug-likeness (QED) is 0.598. The van der Waals surface area contributed by atoms with Crippen LogP contribution in [0, 0.1) is 0 Å². The smallest absolute Gasteiger partial charge is 0.242 e. The third-order valence-electron chi connectivity index (χ3n) is 5.60. The normalized spacial score (nSPS) is 15.9. The minimum absolute atomic E-state index is 0.274. The number of rotatable bonds is 6. The molecule has 30 heavy (non-hydrogen) atoms. The average molecular weight is 429 g/mol. The van der Waals surface area contributed by atoms with Crippen LogP contribution >= 0.6 is 0 Å². The first-order valence-corrected chi connectivity index (χ1v) is 11.6. The summed E-state index contributed by atoms with van der Waals surface area (Å²) in [5.74, 6) is 1.99. The van der Waals surface area contributed by atoms with Crippen LogP contribution in [0.3, 0.4) is 0 Å². The Labute approximate surface area is 177 Å². The van der Waals surface area contributed by atoms with E-state index in [1.807, 2.05) is 30.5 Å². The number of pyridine rings is 1. The van der Waals surface area contributed by atoms with Crippen LogP contribution in [0.25, 0.3) is 11.0 Å². The minimum Gasteiger partial charge on any atom is -0.354 e. The molecule has 1 aliphatic rings. The molecule has 0 aliphatic carbocycles. The van der Waals surface area contributed by atoms with Gasteiger partial charge >= 0.3 is 0 Å². The molecule has 3 heterocycles. The van der Waals surface area contributed by atoms with E-state index in [2.05, 4.69) is 26.3 Å². The van der Waals surface area contributed by atoms with E-state index in [-0.39, 0.29) is 4.90 Å². The van der Waals surface area contributed by atoms with Gasteiger partial charge in [-0.25, -0.2) is 22.7 Å². The summed E-state index contributed by atoms with van der Waals surface area (Å²) in [4.78, 5) is 14.2. The maximum atomic E-state index is 12.5. The number of hydrogen-bond donors (Lipinski definition) is 0. The molecule has 1 saturated heterocycles. The van der Waals surface area contributed by atoms with Crippen molar-refractivity contribution in [1.82, 2.24) is 23.7 Å². The van der Waals surface area contributed by atoms with E-state index in [0.717, 1.165) is 61.9 Å². The van der Waals surface area contributed by atoms with Crippen LogP contribution in [-0.2, 0) is 23.1 Å². The van der Waals surface area contributed by atoms with Gasteiger partial charge in [-0.1, -0.05) is 6.07 Å². The van der Waals surface area contributed by atoms with E-state index in [0.29, 0.717) is 0 Å². The Morgan fingerprint density at radius 2 is 1.83 bits per heavy atom. The molecule has 9 heteroatoms. The Balaban J connectivity index is 1.53. The molecule has 2 aromatic heterocycles. The van der Waals surface area contributed by atoms with Crippen molar-refractivity contribution in [3.63, 3.8) is 0 Å². The van der Waals surface area contributed by atoms with Crippen molar-refractivity contribution in [2.75, 3.05) is 45.2 Å². The van der Waals surface area contributed by atoms with Crippen LogP contribution in [0.4, 0.5) is 5.82 Å². The van der Waals surface area contributed by atoms with Crippen LogP contribution in [-0.4, -0.2) is 72.4 Å². The number of aromatic nitrogens is 3. The fraction of sp³-hybridized carbons (Fsp3) is 0.429. The van der Waals surface area contributed by atoms with Gasteiger partial charge in [-0.15, -0.1) is 0 Å². The summed E-state index contributed by atoms with van der Waals surface area (Å²) in [5, 5.41) is 0. The highest BCUT2D eigenvalue weighted by molar-refractivity contribution is 7.89. The van der Waals surface area contributed by atoms with Crippen molar-refractivity contribution in [1.29, 1.82) is 0 Å². The van der Waals surface area contributed by atoms with Gasteiger partial charge in [0.25, 0.3) is 0 Å². The van der Waals surface area contributed by atoms with Gasteiger partial charge in [-0.05, 0) is 37.3 Å². The molecule has 1 aliphatic heterocycles. The lowest BCUT2D eigenvalue weighted by Gasteiger charge is -2.35. The SMILES string of the molecule is CCn1c(CN2CCN(c3ccccn3)CC2)nc2cc(S(=O)(=O)N(C)C)ccc21. The number of fused-ring (bicyclic) bond motifs is 1. The highest BCUT2D eigenvalue weighted by Gasteiger charge is 2.22. The first-order chi connectivity index (χ1) is 14.4. The van der Waals surface area contributed by atoms with Gasteiger partial charge in [0.1, 0.15) is 11.6 Å². The topological polar surface area (TPSA) is 74.6 Å². The molecule has 1 aromatic carbocycles. The van der Waals surface area contributed by atoms with Crippen molar-refractivity contribution in [2.45, 2.75) is 24.9 Å². The summed E-state index contributed by atoms with van der Waals surface area (Å²) in [5.41, 5.74) is 1.69. The van der Waals surface area contributed by atoms with Gasteiger partial charge < -0.3 is 9.47 Å². The van der Waals surface area contributed by atoms with Gasteiger partial charge in [0.2, 0.25) is 10.0 Å². The van der Waals surface area contributed by atoms with Crippen LogP contribution in [0.15, 0.2) is 47.5 Å². The molecule has 0 N–H and O–H groups in total. The van der Waals surface area contributed by atoms with Crippen LogP contribution < -0.4 is 4.90 Å². The highest BCUT2D eigenvalue weighted by atomic mass is 32.2. The molecule has 0 spiro atoms. The number of aryl methyl sites for hydroxylation is 1. The number of nitrogens with zero attached hydrogens (tertiary/aromatic N) is 6. The van der Waals surface area contributed by atoms with Crippen LogP contribution in [0.2, 0.25) is 0 Å². The van der Waals surface area contributed by atoms with Gasteiger partial charge in [0, 0.05) is 53.0 Å². The zero-order valence-corrected chi connectivity index (χ0v) is 18.5. The third kappa shape index (κ3) is 3.92. The lowest BCUT2D eigenvalue weighted by atomic mass is 10.3. The third-order valence-corrected chi connectivity index (χ3v) is 7.42. The first-order valence-electron chi connectivity index (χ1n) is 10.2. The standard InChI is InChI=1S/C21H28N6O2S/c1-4-27-19-9-8-17(30(28,29)24(2)3)15-18(19)23-21(27)16-25-11-13-26(14-12-25)20-7-5-6-10-22-20/h5-10,15H,4,11-14,16H2,1-3H3. The summed E-state index contributed by atoms with van der Waals surface area (Å²) < 4.78 is 28.4. The summed E-state index contributed by atoms with van der Waals surface area (Å²) >= 11 is 0. The van der Waals surface area contributed by atoms with E-state index >= 15 is 0 Å². The van der Waals surface area contributed by atoms with Crippen LogP contribution in [0.1, 0.15) is 12.7 Å². The van der Waals surface area contributed by atoms with E-state index < -0.39 is 10.0 Å². The predicted molar refractivity (Wildman–Crippen MR) is 118 cm³/mol. The molecule has 160 valence electrons. The Morgan fingerprint density at radius 3 is 2.47 bits per heavy atom. The molecule has 0 atom stereocenters. The van der Waals surface area contributed by atoms with Crippen LogP contribution in [0.5, 0.6) is 0 Å². The molecule has 0 radical (unpaired) electrons. The number of anilines is 1. The van der Waals surface area contributed by atoms with Gasteiger partial charge in [0.15, 0.2) is 0 Å². The molecule has 4 rings (SSSR count). The number of imidazole rings is 1. The largest absolute Gasteiger partial charge is 0.354 e. The lowest BCUT2D eigenvalue weighted by molar-refractivity contribution is 0.241. The van der Waals surface area contributed by atoms with E-state index in [1.165, 1.54) is 4.31 Å². The first kappa shape index (κ1) is 20.8. The minimum atomic E-state index is -3.48. The molecule has 0 amide bonds. The van der Waals surface area contributed by atoms with Gasteiger partial charge in [0.05, 0.1) is 22.5 Å².